The third-order valence-electron chi connectivity index (χ3n) is 4.13. The average molecular weight is 290 g/mol. The molecule has 1 saturated heterocycles. The molecule has 114 valence electrons. The van der Waals surface area contributed by atoms with E-state index in [9.17, 15) is 9.59 Å². The third-order valence-corrected chi connectivity index (χ3v) is 4.13. The van der Waals surface area contributed by atoms with Crippen LogP contribution in [-0.4, -0.2) is 36.9 Å². The summed E-state index contributed by atoms with van der Waals surface area (Å²) in [6.45, 7) is 2.93. The van der Waals surface area contributed by atoms with Crippen molar-refractivity contribution < 1.29 is 14.3 Å². The van der Waals surface area contributed by atoms with Gasteiger partial charge in [0.2, 0.25) is 11.8 Å². The number of benzene rings is 1. The standard InChI is InChI=1S/C16H22N2O3/c1-16(15(17)20)7-4-8-18(11-16)14(19)10-12-5-3-6-13(9-12)21-2/h3,5-6,9H,4,7-8,10-11H2,1-2H3,(H2,17,20). The van der Waals surface area contributed by atoms with E-state index in [4.69, 9.17) is 10.5 Å². The molecule has 1 atom stereocenters. The molecule has 1 heterocycles. The van der Waals surface area contributed by atoms with Crippen LogP contribution in [0.5, 0.6) is 5.75 Å². The van der Waals surface area contributed by atoms with Gasteiger partial charge >= 0.3 is 0 Å². The molecule has 2 rings (SSSR count). The first kappa shape index (κ1) is 15.4. The average Bonchev–Trinajstić information content (AvgIpc) is 2.47. The number of nitrogens with zero attached hydrogens (tertiary/aromatic N) is 1. The molecule has 21 heavy (non-hydrogen) atoms. The van der Waals surface area contributed by atoms with E-state index in [2.05, 4.69) is 0 Å². The molecule has 5 heteroatoms. The van der Waals surface area contributed by atoms with Crippen LogP contribution in [0.25, 0.3) is 0 Å². The molecular formula is C16H22N2O3. The Morgan fingerprint density at radius 1 is 1.43 bits per heavy atom. The van der Waals surface area contributed by atoms with Gasteiger partial charge in [0, 0.05) is 13.1 Å². The first-order chi connectivity index (χ1) is 9.94. The molecule has 0 radical (unpaired) electrons. The molecule has 2 N–H and O–H groups in total. The quantitative estimate of drug-likeness (QED) is 0.909. The van der Waals surface area contributed by atoms with Crippen molar-refractivity contribution in [1.82, 2.24) is 4.90 Å². The van der Waals surface area contributed by atoms with E-state index in [1.54, 1.807) is 12.0 Å². The number of amides is 2. The van der Waals surface area contributed by atoms with Crippen LogP contribution in [0.15, 0.2) is 24.3 Å². The van der Waals surface area contributed by atoms with Gasteiger partial charge in [-0.1, -0.05) is 12.1 Å². The first-order valence-corrected chi connectivity index (χ1v) is 7.15. The molecule has 1 fully saturated rings. The summed E-state index contributed by atoms with van der Waals surface area (Å²) in [6, 6.07) is 7.47. The van der Waals surface area contributed by atoms with E-state index in [-0.39, 0.29) is 11.8 Å². The van der Waals surface area contributed by atoms with Gasteiger partial charge < -0.3 is 15.4 Å². The van der Waals surface area contributed by atoms with Gasteiger partial charge in [-0.25, -0.2) is 0 Å². The molecule has 1 aromatic rings. The molecular weight excluding hydrogens is 268 g/mol. The maximum Gasteiger partial charge on any atom is 0.227 e. The summed E-state index contributed by atoms with van der Waals surface area (Å²) in [5.74, 6) is 0.428. The zero-order chi connectivity index (χ0) is 15.5. The fourth-order valence-corrected chi connectivity index (χ4v) is 2.72. The summed E-state index contributed by atoms with van der Waals surface area (Å²) in [7, 11) is 1.60. The molecule has 0 aromatic heterocycles. The number of piperidine rings is 1. The summed E-state index contributed by atoms with van der Waals surface area (Å²) in [6.07, 6.45) is 1.86. The second kappa shape index (κ2) is 6.16. The monoisotopic (exact) mass is 290 g/mol. The number of carbonyl (C=O) groups is 2. The number of nitrogens with two attached hydrogens (primary N) is 1. The van der Waals surface area contributed by atoms with Crippen LogP contribution in [0.1, 0.15) is 25.3 Å². The minimum absolute atomic E-state index is 0.0235. The topological polar surface area (TPSA) is 72.6 Å². The lowest BCUT2D eigenvalue weighted by atomic mass is 9.81. The maximum absolute atomic E-state index is 12.4. The lowest BCUT2D eigenvalue weighted by molar-refractivity contribution is -0.138. The fraction of sp³-hybridized carbons (Fsp3) is 0.500. The van der Waals surface area contributed by atoms with Gasteiger partial charge in [0.25, 0.3) is 0 Å². The van der Waals surface area contributed by atoms with Crippen LogP contribution in [0.2, 0.25) is 0 Å². The van der Waals surface area contributed by atoms with E-state index < -0.39 is 5.41 Å². The largest absolute Gasteiger partial charge is 0.497 e. The van der Waals surface area contributed by atoms with Gasteiger partial charge in [0.05, 0.1) is 18.9 Å². The van der Waals surface area contributed by atoms with Crippen LogP contribution in [0, 0.1) is 5.41 Å². The van der Waals surface area contributed by atoms with Crippen molar-refractivity contribution in [3.8, 4) is 5.75 Å². The second-order valence-electron chi connectivity index (χ2n) is 5.87. The number of ether oxygens (including phenoxy) is 1. The molecule has 0 spiro atoms. The van der Waals surface area contributed by atoms with Crippen LogP contribution < -0.4 is 10.5 Å². The predicted molar refractivity (Wildman–Crippen MR) is 79.8 cm³/mol. The lowest BCUT2D eigenvalue weighted by Gasteiger charge is -2.38. The summed E-state index contributed by atoms with van der Waals surface area (Å²) in [5.41, 5.74) is 5.76. The Balaban J connectivity index is 2.04. The van der Waals surface area contributed by atoms with Crippen molar-refractivity contribution in [3.63, 3.8) is 0 Å². The zero-order valence-electron chi connectivity index (χ0n) is 12.6. The SMILES string of the molecule is COc1cccc(CC(=O)N2CCCC(C)(C(N)=O)C2)c1. The molecule has 0 saturated carbocycles. The van der Waals surface area contributed by atoms with Crippen LogP contribution in [0.4, 0.5) is 0 Å². The number of hydrogen-bond acceptors (Lipinski definition) is 3. The van der Waals surface area contributed by atoms with Crippen molar-refractivity contribution in [3.05, 3.63) is 29.8 Å². The van der Waals surface area contributed by atoms with Gasteiger partial charge in [-0.3, -0.25) is 9.59 Å². The summed E-state index contributed by atoms with van der Waals surface area (Å²) < 4.78 is 5.16. The van der Waals surface area contributed by atoms with E-state index in [1.807, 2.05) is 31.2 Å². The molecule has 1 aliphatic rings. The van der Waals surface area contributed by atoms with Crippen molar-refractivity contribution in [1.29, 1.82) is 0 Å². The third kappa shape index (κ3) is 3.54. The Morgan fingerprint density at radius 2 is 2.19 bits per heavy atom. The van der Waals surface area contributed by atoms with Gasteiger partial charge in [0.1, 0.15) is 5.75 Å². The van der Waals surface area contributed by atoms with Gasteiger partial charge in [-0.15, -0.1) is 0 Å². The fourth-order valence-electron chi connectivity index (χ4n) is 2.72. The molecule has 0 aliphatic carbocycles. The van der Waals surface area contributed by atoms with Crippen molar-refractivity contribution in [2.75, 3.05) is 20.2 Å². The number of rotatable bonds is 4. The highest BCUT2D eigenvalue weighted by Crippen LogP contribution is 2.29. The Labute approximate surface area is 125 Å². The summed E-state index contributed by atoms with van der Waals surface area (Å²) in [4.78, 5) is 25.7. The molecule has 1 aliphatic heterocycles. The maximum atomic E-state index is 12.4. The predicted octanol–water partition coefficient (Wildman–Crippen LogP) is 1.35. The summed E-state index contributed by atoms with van der Waals surface area (Å²) in [5, 5.41) is 0. The highest BCUT2D eigenvalue weighted by Gasteiger charge is 2.37. The normalized spacial score (nSPS) is 21.9. The van der Waals surface area contributed by atoms with Crippen molar-refractivity contribution in [2.24, 2.45) is 11.1 Å². The molecule has 2 amide bonds. The first-order valence-electron chi connectivity index (χ1n) is 7.15. The van der Waals surface area contributed by atoms with Crippen molar-refractivity contribution >= 4 is 11.8 Å². The molecule has 5 nitrogen and oxygen atoms in total. The van der Waals surface area contributed by atoms with Gasteiger partial charge in [-0.2, -0.15) is 0 Å². The number of hydrogen-bond donors (Lipinski definition) is 1. The minimum Gasteiger partial charge on any atom is -0.497 e. The Kier molecular flexibility index (Phi) is 4.50. The van der Waals surface area contributed by atoms with Crippen LogP contribution in [-0.2, 0) is 16.0 Å². The number of likely N-dealkylation sites (tertiary alicyclic amines) is 1. The zero-order valence-corrected chi connectivity index (χ0v) is 12.6. The van der Waals surface area contributed by atoms with Gasteiger partial charge in [0.15, 0.2) is 0 Å². The second-order valence-corrected chi connectivity index (χ2v) is 5.87. The van der Waals surface area contributed by atoms with E-state index in [0.29, 0.717) is 19.5 Å². The van der Waals surface area contributed by atoms with E-state index >= 15 is 0 Å². The molecule has 1 aromatic carbocycles. The van der Waals surface area contributed by atoms with Crippen molar-refractivity contribution in [2.45, 2.75) is 26.2 Å². The number of methoxy groups -OCH3 is 1. The molecule has 1 unspecified atom stereocenters. The molecule has 0 bridgehead atoms. The van der Waals surface area contributed by atoms with Gasteiger partial charge in [-0.05, 0) is 37.5 Å². The Hall–Kier alpha value is -2.04. The Bertz CT molecular complexity index is 544. The number of primary amides is 1. The van der Waals surface area contributed by atoms with E-state index in [0.717, 1.165) is 24.2 Å². The Morgan fingerprint density at radius 3 is 2.86 bits per heavy atom. The van der Waals surface area contributed by atoms with Crippen LogP contribution >= 0.6 is 0 Å². The number of carbonyl (C=O) groups excluding carboxylic acids is 2. The highest BCUT2D eigenvalue weighted by atomic mass is 16.5. The minimum atomic E-state index is -0.609. The van der Waals surface area contributed by atoms with Crippen LogP contribution in [0.3, 0.4) is 0 Å². The van der Waals surface area contributed by atoms with E-state index in [1.165, 1.54) is 0 Å². The smallest absolute Gasteiger partial charge is 0.227 e. The lowest BCUT2D eigenvalue weighted by Crippen LogP contribution is -2.50. The summed E-state index contributed by atoms with van der Waals surface area (Å²) >= 11 is 0. The highest BCUT2D eigenvalue weighted by molar-refractivity contribution is 5.83.